The Balaban J connectivity index is 1.82. The van der Waals surface area contributed by atoms with Crippen LogP contribution in [-0.4, -0.2) is 23.5 Å². The molecule has 0 radical (unpaired) electrons. The van der Waals surface area contributed by atoms with E-state index < -0.39 is 0 Å². The first kappa shape index (κ1) is 14.6. The van der Waals surface area contributed by atoms with Crippen molar-refractivity contribution in [3.8, 4) is 39.7 Å². The Hall–Kier alpha value is -2.95. The van der Waals surface area contributed by atoms with Crippen LogP contribution in [-0.2, 0) is 0 Å². The summed E-state index contributed by atoms with van der Waals surface area (Å²) in [6.45, 7) is 5.05. The molecule has 0 atom stereocenters. The predicted octanol–water partition coefficient (Wildman–Crippen LogP) is 4.10. The van der Waals surface area contributed by atoms with Crippen LogP contribution in [0.1, 0.15) is 11.1 Å². The molecule has 0 saturated heterocycles. The zero-order chi connectivity index (χ0) is 16.7. The summed E-state index contributed by atoms with van der Waals surface area (Å²) in [6.07, 6.45) is 1.65. The van der Waals surface area contributed by atoms with Gasteiger partial charge < -0.3 is 19.1 Å². The summed E-state index contributed by atoms with van der Waals surface area (Å²) in [7, 11) is 0. The van der Waals surface area contributed by atoms with Crippen molar-refractivity contribution in [1.29, 1.82) is 0 Å². The minimum atomic E-state index is 0.175. The minimum Gasteiger partial charge on any atom is -0.507 e. The Morgan fingerprint density at radius 2 is 1.67 bits per heavy atom. The summed E-state index contributed by atoms with van der Waals surface area (Å²) in [5.41, 5.74) is 4.42. The number of hydrogen-bond acceptors (Lipinski definition) is 5. The number of aryl methyl sites for hydroxylation is 2. The molecule has 122 valence electrons. The number of fused-ring (bicyclic) bond motifs is 1. The van der Waals surface area contributed by atoms with E-state index in [4.69, 9.17) is 14.0 Å². The zero-order valence-electron chi connectivity index (χ0n) is 13.5. The fraction of sp³-hybridized carbons (Fsp3) is 0.211. The number of hydrogen-bond donors (Lipinski definition) is 1. The number of rotatable bonds is 2. The van der Waals surface area contributed by atoms with Crippen LogP contribution in [0.25, 0.3) is 22.5 Å². The van der Waals surface area contributed by atoms with E-state index in [1.54, 1.807) is 12.3 Å². The van der Waals surface area contributed by atoms with Gasteiger partial charge >= 0.3 is 0 Å². The van der Waals surface area contributed by atoms with Crippen LogP contribution >= 0.6 is 0 Å². The number of nitrogens with zero attached hydrogens (tertiary/aromatic N) is 1. The van der Waals surface area contributed by atoms with E-state index in [1.807, 2.05) is 38.1 Å². The number of ether oxygens (including phenoxy) is 2. The number of phenolic OH excluding ortho intramolecular Hbond substituents is 1. The molecule has 0 amide bonds. The molecule has 1 aliphatic rings. The Morgan fingerprint density at radius 3 is 2.50 bits per heavy atom. The second-order valence-electron chi connectivity index (χ2n) is 5.88. The summed E-state index contributed by atoms with van der Waals surface area (Å²) in [4.78, 5) is 0. The first-order valence-corrected chi connectivity index (χ1v) is 7.79. The van der Waals surface area contributed by atoms with E-state index in [-0.39, 0.29) is 5.75 Å². The van der Waals surface area contributed by atoms with E-state index in [2.05, 4.69) is 5.16 Å². The van der Waals surface area contributed by atoms with Gasteiger partial charge in [-0.2, -0.15) is 0 Å². The molecule has 0 aliphatic carbocycles. The zero-order valence-corrected chi connectivity index (χ0v) is 13.5. The predicted molar refractivity (Wildman–Crippen MR) is 89.5 cm³/mol. The summed E-state index contributed by atoms with van der Waals surface area (Å²) in [5, 5.41) is 14.2. The normalized spacial score (nSPS) is 13.1. The maximum Gasteiger partial charge on any atom is 0.178 e. The molecule has 3 aromatic rings. The van der Waals surface area contributed by atoms with Gasteiger partial charge in [0.2, 0.25) is 0 Å². The van der Waals surface area contributed by atoms with Crippen LogP contribution in [0.5, 0.6) is 17.2 Å². The van der Waals surface area contributed by atoms with Crippen molar-refractivity contribution >= 4 is 0 Å². The Kier molecular flexibility index (Phi) is 3.41. The summed E-state index contributed by atoms with van der Waals surface area (Å²) in [5.74, 6) is 2.15. The highest BCUT2D eigenvalue weighted by Crippen LogP contribution is 2.41. The lowest BCUT2D eigenvalue weighted by molar-refractivity contribution is 0.171. The van der Waals surface area contributed by atoms with Gasteiger partial charge in [0.15, 0.2) is 17.3 Å². The Bertz CT molecular complexity index is 914. The van der Waals surface area contributed by atoms with Gasteiger partial charge in [0.25, 0.3) is 0 Å². The molecule has 5 heteroatoms. The van der Waals surface area contributed by atoms with Gasteiger partial charge in [-0.15, -0.1) is 0 Å². The lowest BCUT2D eigenvalue weighted by atomic mass is 9.98. The van der Waals surface area contributed by atoms with Gasteiger partial charge in [0.05, 0.1) is 11.8 Å². The van der Waals surface area contributed by atoms with Crippen molar-refractivity contribution in [2.45, 2.75) is 13.8 Å². The lowest BCUT2D eigenvalue weighted by Gasteiger charge is -2.18. The third kappa shape index (κ3) is 2.38. The molecule has 0 saturated carbocycles. The van der Waals surface area contributed by atoms with Crippen LogP contribution in [0.4, 0.5) is 0 Å². The third-order valence-electron chi connectivity index (χ3n) is 4.28. The number of phenols is 1. The van der Waals surface area contributed by atoms with Gasteiger partial charge in [-0.05, 0) is 54.8 Å². The van der Waals surface area contributed by atoms with E-state index in [0.29, 0.717) is 30.3 Å². The topological polar surface area (TPSA) is 64.7 Å². The van der Waals surface area contributed by atoms with Crippen LogP contribution < -0.4 is 9.47 Å². The standard InChI is InChI=1S/C19H17NO4/c1-11-7-14(16(21)8-12(11)2)19-15(10-20-24-19)13-3-4-17-18(9-13)23-6-5-22-17/h3-4,7-10,21H,5-6H2,1-2H3. The Morgan fingerprint density at radius 1 is 0.917 bits per heavy atom. The van der Waals surface area contributed by atoms with E-state index >= 15 is 0 Å². The molecule has 0 fully saturated rings. The lowest BCUT2D eigenvalue weighted by Crippen LogP contribution is -2.15. The SMILES string of the molecule is Cc1cc(O)c(-c2oncc2-c2ccc3c(c2)OCCO3)cc1C. The molecule has 24 heavy (non-hydrogen) atoms. The fourth-order valence-electron chi connectivity index (χ4n) is 2.83. The number of benzene rings is 2. The average molecular weight is 323 g/mol. The van der Waals surface area contributed by atoms with Crippen LogP contribution in [0.2, 0.25) is 0 Å². The van der Waals surface area contributed by atoms with Gasteiger partial charge in [-0.1, -0.05) is 11.2 Å². The van der Waals surface area contributed by atoms with Crippen LogP contribution in [0.15, 0.2) is 41.1 Å². The minimum absolute atomic E-state index is 0.175. The summed E-state index contributed by atoms with van der Waals surface area (Å²) < 4.78 is 16.6. The molecule has 1 N–H and O–H groups in total. The van der Waals surface area contributed by atoms with Gasteiger partial charge in [-0.3, -0.25) is 0 Å². The van der Waals surface area contributed by atoms with E-state index in [9.17, 15) is 5.11 Å². The number of aromatic hydroxyl groups is 1. The molecule has 5 nitrogen and oxygen atoms in total. The molecule has 1 aliphatic heterocycles. The van der Waals surface area contributed by atoms with Crippen molar-refractivity contribution in [2.75, 3.05) is 13.2 Å². The molecule has 2 aromatic carbocycles. The van der Waals surface area contributed by atoms with Crippen molar-refractivity contribution < 1.29 is 19.1 Å². The van der Waals surface area contributed by atoms with Gasteiger partial charge in [0, 0.05) is 5.56 Å². The third-order valence-corrected chi connectivity index (χ3v) is 4.28. The second kappa shape index (κ2) is 5.60. The molecule has 2 heterocycles. The second-order valence-corrected chi connectivity index (χ2v) is 5.88. The first-order valence-electron chi connectivity index (χ1n) is 7.79. The summed E-state index contributed by atoms with van der Waals surface area (Å²) in [6, 6.07) is 9.36. The van der Waals surface area contributed by atoms with Gasteiger partial charge in [-0.25, -0.2) is 0 Å². The van der Waals surface area contributed by atoms with Gasteiger partial charge in [0.1, 0.15) is 19.0 Å². The molecule has 4 rings (SSSR count). The molecule has 0 bridgehead atoms. The maximum absolute atomic E-state index is 10.3. The van der Waals surface area contributed by atoms with Crippen LogP contribution in [0, 0.1) is 13.8 Å². The van der Waals surface area contributed by atoms with E-state index in [0.717, 1.165) is 28.0 Å². The molecule has 1 aromatic heterocycles. The number of aromatic nitrogens is 1. The van der Waals surface area contributed by atoms with Crippen molar-refractivity contribution in [3.05, 3.63) is 47.7 Å². The largest absolute Gasteiger partial charge is 0.507 e. The highest BCUT2D eigenvalue weighted by molar-refractivity contribution is 5.83. The Labute approximate surface area is 139 Å². The molecule has 0 unspecified atom stereocenters. The first-order chi connectivity index (χ1) is 11.6. The maximum atomic E-state index is 10.3. The monoisotopic (exact) mass is 323 g/mol. The van der Waals surface area contributed by atoms with Crippen molar-refractivity contribution in [1.82, 2.24) is 5.16 Å². The summed E-state index contributed by atoms with van der Waals surface area (Å²) >= 11 is 0. The highest BCUT2D eigenvalue weighted by Gasteiger charge is 2.19. The molecule has 0 spiro atoms. The van der Waals surface area contributed by atoms with Crippen LogP contribution in [0.3, 0.4) is 0 Å². The average Bonchev–Trinajstić information content (AvgIpc) is 3.07. The molecular weight excluding hydrogens is 306 g/mol. The smallest absolute Gasteiger partial charge is 0.178 e. The van der Waals surface area contributed by atoms with E-state index in [1.165, 1.54) is 0 Å². The van der Waals surface area contributed by atoms with Crippen molar-refractivity contribution in [2.24, 2.45) is 0 Å². The fourth-order valence-corrected chi connectivity index (χ4v) is 2.83. The quantitative estimate of drug-likeness (QED) is 0.769. The molecular formula is C19H17NO4. The van der Waals surface area contributed by atoms with Crippen molar-refractivity contribution in [3.63, 3.8) is 0 Å². The highest BCUT2D eigenvalue weighted by atomic mass is 16.6.